The predicted octanol–water partition coefficient (Wildman–Crippen LogP) is 5.90. The van der Waals surface area contributed by atoms with Crippen LogP contribution in [0.4, 0.5) is 0 Å². The maximum absolute atomic E-state index is 12.2. The van der Waals surface area contributed by atoms with Gasteiger partial charge in [-0.05, 0) is 78.6 Å². The Morgan fingerprint density at radius 1 is 1.00 bits per heavy atom. The molecule has 0 aliphatic heterocycles. The number of phenols is 1. The van der Waals surface area contributed by atoms with E-state index in [0.717, 1.165) is 28.0 Å². The van der Waals surface area contributed by atoms with Gasteiger partial charge in [0.15, 0.2) is 0 Å². The van der Waals surface area contributed by atoms with E-state index in [1.807, 2.05) is 38.1 Å². The van der Waals surface area contributed by atoms with Gasteiger partial charge in [0, 0.05) is 18.7 Å². The SMILES string of the molecule is Cc1cc(/C=N/NC(=O)c2ccc(O)c(Cl)c2)cc(C)c1OCCNCc1ccc(Cl)c(Cl)c1. The zero-order valence-corrected chi connectivity index (χ0v) is 20.9. The van der Waals surface area contributed by atoms with E-state index in [2.05, 4.69) is 15.8 Å². The number of hydrogen-bond donors (Lipinski definition) is 3. The highest BCUT2D eigenvalue weighted by Gasteiger charge is 2.09. The number of benzene rings is 3. The molecule has 3 N–H and O–H groups in total. The lowest BCUT2D eigenvalue weighted by atomic mass is 10.1. The van der Waals surface area contributed by atoms with Gasteiger partial charge in [-0.15, -0.1) is 0 Å². The van der Waals surface area contributed by atoms with E-state index in [1.54, 1.807) is 12.3 Å². The molecule has 178 valence electrons. The molecular weight excluding hydrogens is 497 g/mol. The highest BCUT2D eigenvalue weighted by Crippen LogP contribution is 2.25. The average Bonchev–Trinajstić information content (AvgIpc) is 2.79. The first kappa shape index (κ1) is 25.8. The van der Waals surface area contributed by atoms with E-state index < -0.39 is 5.91 Å². The summed E-state index contributed by atoms with van der Waals surface area (Å²) in [4.78, 5) is 12.2. The summed E-state index contributed by atoms with van der Waals surface area (Å²) in [5, 5.41) is 18.0. The molecule has 0 bridgehead atoms. The molecule has 0 aliphatic rings. The monoisotopic (exact) mass is 519 g/mol. The number of carbonyl (C=O) groups is 1. The largest absolute Gasteiger partial charge is 0.506 e. The van der Waals surface area contributed by atoms with Gasteiger partial charge >= 0.3 is 0 Å². The number of amides is 1. The summed E-state index contributed by atoms with van der Waals surface area (Å²) < 4.78 is 5.97. The maximum atomic E-state index is 12.2. The summed E-state index contributed by atoms with van der Waals surface area (Å²) in [6.45, 7) is 5.74. The summed E-state index contributed by atoms with van der Waals surface area (Å²) in [6, 6.07) is 13.6. The van der Waals surface area contributed by atoms with Crippen molar-refractivity contribution in [2.75, 3.05) is 13.2 Å². The first-order chi connectivity index (χ1) is 16.2. The molecule has 0 aliphatic carbocycles. The highest BCUT2D eigenvalue weighted by molar-refractivity contribution is 6.42. The number of phenolic OH excluding ortho intramolecular Hbond substituents is 1. The third kappa shape index (κ3) is 7.11. The van der Waals surface area contributed by atoms with Crippen molar-refractivity contribution in [2.24, 2.45) is 5.10 Å². The number of aromatic hydroxyl groups is 1. The van der Waals surface area contributed by atoms with Gasteiger partial charge in [-0.2, -0.15) is 5.10 Å². The number of ether oxygens (including phenoxy) is 1. The summed E-state index contributed by atoms with van der Waals surface area (Å²) in [5.74, 6) is 0.299. The fourth-order valence-corrected chi connectivity index (χ4v) is 3.77. The van der Waals surface area contributed by atoms with Crippen LogP contribution >= 0.6 is 34.8 Å². The first-order valence-corrected chi connectivity index (χ1v) is 11.6. The van der Waals surface area contributed by atoms with Crippen LogP contribution in [-0.2, 0) is 6.54 Å². The zero-order valence-electron chi connectivity index (χ0n) is 18.7. The van der Waals surface area contributed by atoms with Crippen LogP contribution in [0.2, 0.25) is 15.1 Å². The van der Waals surface area contributed by atoms with E-state index >= 15 is 0 Å². The standard InChI is InChI=1S/C25H24Cl3N3O3/c1-15-9-18(14-30-31-25(33)19-4-6-23(32)22(28)12-19)10-16(2)24(15)34-8-7-29-13-17-3-5-20(26)21(27)11-17/h3-6,9-12,14,29,32H,7-8,13H2,1-2H3,(H,31,33)/b30-14+. The molecule has 0 atom stereocenters. The molecule has 0 saturated heterocycles. The van der Waals surface area contributed by atoms with Crippen molar-refractivity contribution in [1.29, 1.82) is 0 Å². The zero-order chi connectivity index (χ0) is 24.7. The quantitative estimate of drug-likeness (QED) is 0.186. The topological polar surface area (TPSA) is 83.0 Å². The highest BCUT2D eigenvalue weighted by atomic mass is 35.5. The summed E-state index contributed by atoms with van der Waals surface area (Å²) in [5.41, 5.74) is 6.54. The van der Waals surface area contributed by atoms with Crippen molar-refractivity contribution >= 4 is 46.9 Å². The van der Waals surface area contributed by atoms with Crippen molar-refractivity contribution in [3.63, 3.8) is 0 Å². The van der Waals surface area contributed by atoms with Crippen LogP contribution in [0.25, 0.3) is 0 Å². The Bertz CT molecular complexity index is 1190. The average molecular weight is 521 g/mol. The molecule has 0 fully saturated rings. The van der Waals surface area contributed by atoms with Crippen LogP contribution in [0.1, 0.15) is 32.6 Å². The molecule has 0 heterocycles. The van der Waals surface area contributed by atoms with Gasteiger partial charge in [0.05, 0.1) is 21.3 Å². The van der Waals surface area contributed by atoms with E-state index in [-0.39, 0.29) is 10.8 Å². The van der Waals surface area contributed by atoms with Gasteiger partial charge in [0.25, 0.3) is 5.91 Å². The lowest BCUT2D eigenvalue weighted by Crippen LogP contribution is -2.21. The van der Waals surface area contributed by atoms with Gasteiger partial charge in [0.2, 0.25) is 0 Å². The van der Waals surface area contributed by atoms with Crippen molar-refractivity contribution in [3.8, 4) is 11.5 Å². The molecule has 0 spiro atoms. The summed E-state index contributed by atoms with van der Waals surface area (Å²) >= 11 is 17.8. The third-order valence-corrected chi connectivity index (χ3v) is 5.95. The van der Waals surface area contributed by atoms with Crippen LogP contribution in [0.5, 0.6) is 11.5 Å². The van der Waals surface area contributed by atoms with E-state index in [4.69, 9.17) is 39.5 Å². The van der Waals surface area contributed by atoms with Crippen molar-refractivity contribution in [2.45, 2.75) is 20.4 Å². The van der Waals surface area contributed by atoms with Crippen molar-refractivity contribution < 1.29 is 14.6 Å². The molecular formula is C25H24Cl3N3O3. The van der Waals surface area contributed by atoms with Crippen LogP contribution in [0, 0.1) is 13.8 Å². The van der Waals surface area contributed by atoms with E-state index in [1.165, 1.54) is 18.2 Å². The molecule has 0 aromatic heterocycles. The number of carbonyl (C=O) groups excluding carboxylic acids is 1. The Kier molecular flexibility index (Phi) is 9.19. The molecule has 0 radical (unpaired) electrons. The second-order valence-electron chi connectivity index (χ2n) is 7.62. The number of nitrogens with one attached hydrogen (secondary N) is 2. The van der Waals surface area contributed by atoms with E-state index in [0.29, 0.717) is 35.3 Å². The van der Waals surface area contributed by atoms with Gasteiger partial charge in [-0.1, -0.05) is 40.9 Å². The lowest BCUT2D eigenvalue weighted by molar-refractivity contribution is 0.0955. The minimum Gasteiger partial charge on any atom is -0.506 e. The van der Waals surface area contributed by atoms with Gasteiger partial charge in [0.1, 0.15) is 18.1 Å². The number of rotatable bonds is 9. The predicted molar refractivity (Wildman–Crippen MR) is 138 cm³/mol. The molecule has 3 aromatic carbocycles. The number of nitrogens with zero attached hydrogens (tertiary/aromatic N) is 1. The summed E-state index contributed by atoms with van der Waals surface area (Å²) in [6.07, 6.45) is 1.56. The Hall–Kier alpha value is -2.77. The lowest BCUT2D eigenvalue weighted by Gasteiger charge is -2.13. The van der Waals surface area contributed by atoms with Crippen LogP contribution < -0.4 is 15.5 Å². The van der Waals surface area contributed by atoms with Crippen LogP contribution in [0.15, 0.2) is 53.6 Å². The Morgan fingerprint density at radius 3 is 2.41 bits per heavy atom. The normalized spacial score (nSPS) is 11.1. The smallest absolute Gasteiger partial charge is 0.271 e. The van der Waals surface area contributed by atoms with Crippen molar-refractivity contribution in [3.05, 3.63) is 91.4 Å². The van der Waals surface area contributed by atoms with Crippen LogP contribution in [-0.4, -0.2) is 30.4 Å². The Morgan fingerprint density at radius 2 is 1.74 bits per heavy atom. The van der Waals surface area contributed by atoms with Gasteiger partial charge in [-0.3, -0.25) is 4.79 Å². The first-order valence-electron chi connectivity index (χ1n) is 10.4. The molecule has 34 heavy (non-hydrogen) atoms. The maximum Gasteiger partial charge on any atom is 0.271 e. The van der Waals surface area contributed by atoms with Crippen molar-refractivity contribution in [1.82, 2.24) is 10.7 Å². The number of aryl methyl sites for hydroxylation is 2. The minimum atomic E-state index is -0.431. The Balaban J connectivity index is 1.50. The molecule has 6 nitrogen and oxygen atoms in total. The number of hydrazone groups is 1. The molecule has 3 rings (SSSR count). The minimum absolute atomic E-state index is 0.0859. The second-order valence-corrected chi connectivity index (χ2v) is 8.84. The number of hydrogen-bond acceptors (Lipinski definition) is 5. The summed E-state index contributed by atoms with van der Waals surface area (Å²) in [7, 11) is 0. The molecule has 0 saturated carbocycles. The molecule has 1 amide bonds. The fraction of sp³-hybridized carbons (Fsp3) is 0.200. The second kappa shape index (κ2) is 12.1. The van der Waals surface area contributed by atoms with E-state index in [9.17, 15) is 9.90 Å². The Labute approximate surface area is 213 Å². The third-order valence-electron chi connectivity index (χ3n) is 4.91. The fourth-order valence-electron chi connectivity index (χ4n) is 3.27. The van der Waals surface area contributed by atoms with Gasteiger partial charge in [-0.25, -0.2) is 5.43 Å². The number of halogens is 3. The van der Waals surface area contributed by atoms with Gasteiger partial charge < -0.3 is 15.2 Å². The molecule has 9 heteroatoms. The van der Waals surface area contributed by atoms with Crippen LogP contribution in [0.3, 0.4) is 0 Å². The molecule has 3 aromatic rings. The molecule has 0 unspecified atom stereocenters.